The van der Waals surface area contributed by atoms with Crippen LogP contribution in [-0.2, 0) is 12.7 Å². The lowest BCUT2D eigenvalue weighted by atomic mass is 9.79. The monoisotopic (exact) mass is 467 g/mol. The first-order chi connectivity index (χ1) is 15.7. The number of halogens is 5. The van der Waals surface area contributed by atoms with Crippen LogP contribution in [0, 0.1) is 5.41 Å². The summed E-state index contributed by atoms with van der Waals surface area (Å²) < 4.78 is 67.3. The average molecular weight is 467 g/mol. The van der Waals surface area contributed by atoms with E-state index < -0.39 is 24.8 Å². The average Bonchev–Trinajstić information content (AvgIpc) is 3.37. The molecule has 176 valence electrons. The quantitative estimate of drug-likeness (QED) is 0.541. The molecule has 0 N–H and O–H groups in total. The highest BCUT2D eigenvalue weighted by atomic mass is 19.4. The highest BCUT2D eigenvalue weighted by Gasteiger charge is 2.44. The highest BCUT2D eigenvalue weighted by molar-refractivity contribution is 5.71. The maximum absolute atomic E-state index is 13.5. The first-order valence-electron chi connectivity index (χ1n) is 10.7. The van der Waals surface area contributed by atoms with Gasteiger partial charge >= 0.3 is 6.18 Å². The number of pyridine rings is 1. The highest BCUT2D eigenvalue weighted by Crippen LogP contribution is 2.44. The van der Waals surface area contributed by atoms with Gasteiger partial charge in [0.2, 0.25) is 0 Å². The summed E-state index contributed by atoms with van der Waals surface area (Å²) in [6.07, 6.45) is -0.419. The van der Waals surface area contributed by atoms with Crippen LogP contribution in [0.1, 0.15) is 25.0 Å². The molecule has 0 radical (unpaired) electrons. The fraction of sp³-hybridized carbons (Fsp3) is 0.524. The van der Waals surface area contributed by atoms with Crippen molar-refractivity contribution >= 4 is 22.7 Å². The largest absolute Gasteiger partial charge is 0.435 e. The van der Waals surface area contributed by atoms with Crippen LogP contribution in [0.4, 0.5) is 33.5 Å². The molecule has 1 spiro atoms. The van der Waals surface area contributed by atoms with E-state index in [0.717, 1.165) is 30.1 Å². The van der Waals surface area contributed by atoms with Crippen molar-refractivity contribution in [1.82, 2.24) is 24.7 Å². The Balaban J connectivity index is 1.38. The molecule has 0 bridgehead atoms. The Labute approximate surface area is 186 Å². The second-order valence-electron chi connectivity index (χ2n) is 8.72. The lowest BCUT2D eigenvalue weighted by molar-refractivity contribution is -0.140. The Bertz CT molecular complexity index is 1150. The van der Waals surface area contributed by atoms with E-state index >= 15 is 0 Å². The minimum Gasteiger partial charge on any atom is -0.369 e. The van der Waals surface area contributed by atoms with Crippen LogP contribution < -0.4 is 9.80 Å². The molecule has 2 aliphatic rings. The molecule has 5 heterocycles. The number of aromatic nitrogens is 5. The van der Waals surface area contributed by atoms with Crippen LogP contribution in [-0.4, -0.2) is 57.3 Å². The molecule has 0 saturated carbocycles. The summed E-state index contributed by atoms with van der Waals surface area (Å²) in [6, 6.07) is 3.00. The molecule has 3 aromatic rings. The number of anilines is 2. The van der Waals surface area contributed by atoms with Crippen molar-refractivity contribution < 1.29 is 22.0 Å². The van der Waals surface area contributed by atoms with Crippen LogP contribution >= 0.6 is 0 Å². The third-order valence-electron chi connectivity index (χ3n) is 6.46. The van der Waals surface area contributed by atoms with Gasteiger partial charge in [-0.15, -0.1) is 0 Å². The van der Waals surface area contributed by atoms with Gasteiger partial charge in [-0.05, 0) is 31.4 Å². The third kappa shape index (κ3) is 4.18. The van der Waals surface area contributed by atoms with Gasteiger partial charge in [0, 0.05) is 37.8 Å². The Morgan fingerprint density at radius 2 is 1.85 bits per heavy atom. The molecular weight excluding hydrogens is 445 g/mol. The van der Waals surface area contributed by atoms with Gasteiger partial charge in [-0.25, -0.2) is 28.4 Å². The molecule has 5 rings (SSSR count). The Morgan fingerprint density at radius 3 is 2.64 bits per heavy atom. The molecule has 12 heteroatoms. The molecular formula is C21H22F5N7. The van der Waals surface area contributed by atoms with Gasteiger partial charge in [-0.1, -0.05) is 0 Å². The van der Waals surface area contributed by atoms with E-state index in [1.54, 1.807) is 11.1 Å². The number of alkyl halides is 5. The Morgan fingerprint density at radius 1 is 1.03 bits per heavy atom. The molecule has 2 fully saturated rings. The second-order valence-corrected chi connectivity index (χ2v) is 8.72. The molecule has 2 saturated heterocycles. The number of rotatable bonds is 4. The first-order valence-corrected chi connectivity index (χ1v) is 10.7. The van der Waals surface area contributed by atoms with Crippen LogP contribution in [0.5, 0.6) is 0 Å². The standard InChI is InChI=1S/C21H22F5N7/c22-16(23)11-33-19-14(9-29-33)28-10-17(30-19)32-7-2-4-20(13-32)5-8-31(12-20)15-3-1-6-27-18(15)21(24,25)26/h1,3,6,9-10,16H,2,4-5,7-8,11-13H2. The van der Waals surface area contributed by atoms with Gasteiger partial charge in [0.25, 0.3) is 6.43 Å². The predicted octanol–water partition coefficient (Wildman–Crippen LogP) is 4.00. The van der Waals surface area contributed by atoms with Gasteiger partial charge in [0.1, 0.15) is 17.9 Å². The molecule has 3 aromatic heterocycles. The maximum atomic E-state index is 13.5. The SMILES string of the molecule is FC(F)Cn1ncc2ncc(N3CCCC4(CCN(c5cccnc5C(F)(F)F)C4)C3)nc21. The molecule has 2 aliphatic heterocycles. The fourth-order valence-corrected chi connectivity index (χ4v) is 5.00. The minimum atomic E-state index is -4.52. The van der Waals surface area contributed by atoms with E-state index in [1.165, 1.54) is 18.3 Å². The van der Waals surface area contributed by atoms with Gasteiger partial charge < -0.3 is 9.80 Å². The molecule has 1 unspecified atom stereocenters. The van der Waals surface area contributed by atoms with Crippen LogP contribution in [0.3, 0.4) is 0 Å². The van der Waals surface area contributed by atoms with Crippen molar-refractivity contribution in [3.8, 4) is 0 Å². The number of hydrogen-bond acceptors (Lipinski definition) is 6. The molecule has 0 aliphatic carbocycles. The molecule has 0 amide bonds. The summed E-state index contributed by atoms with van der Waals surface area (Å²) in [6.45, 7) is 1.75. The van der Waals surface area contributed by atoms with Gasteiger partial charge in [-0.2, -0.15) is 18.3 Å². The summed E-state index contributed by atoms with van der Waals surface area (Å²) in [5.74, 6) is 0.563. The number of piperidine rings is 1. The first kappa shape index (κ1) is 21.8. The van der Waals surface area contributed by atoms with E-state index in [-0.39, 0.29) is 11.1 Å². The van der Waals surface area contributed by atoms with Crippen molar-refractivity contribution in [2.24, 2.45) is 5.41 Å². The van der Waals surface area contributed by atoms with Crippen molar-refractivity contribution in [2.45, 2.75) is 38.4 Å². The summed E-state index contributed by atoms with van der Waals surface area (Å²) in [5.41, 5.74) is -0.217. The van der Waals surface area contributed by atoms with Crippen LogP contribution in [0.15, 0.2) is 30.7 Å². The Kier molecular flexibility index (Phi) is 5.32. The van der Waals surface area contributed by atoms with E-state index in [4.69, 9.17) is 0 Å². The van der Waals surface area contributed by atoms with Crippen molar-refractivity contribution in [1.29, 1.82) is 0 Å². The van der Waals surface area contributed by atoms with Crippen molar-refractivity contribution in [3.63, 3.8) is 0 Å². The normalized spacial score (nSPS) is 21.6. The van der Waals surface area contributed by atoms with Crippen LogP contribution in [0.2, 0.25) is 0 Å². The van der Waals surface area contributed by atoms with E-state index in [2.05, 4.69) is 20.1 Å². The zero-order valence-electron chi connectivity index (χ0n) is 17.6. The topological polar surface area (TPSA) is 63.0 Å². The molecule has 1 atom stereocenters. The summed E-state index contributed by atoms with van der Waals surface area (Å²) >= 11 is 0. The zero-order valence-corrected chi connectivity index (χ0v) is 17.6. The van der Waals surface area contributed by atoms with Gasteiger partial charge in [0.05, 0.1) is 18.1 Å². The third-order valence-corrected chi connectivity index (χ3v) is 6.46. The van der Waals surface area contributed by atoms with Gasteiger partial charge in [-0.3, -0.25) is 0 Å². The van der Waals surface area contributed by atoms with E-state index in [0.29, 0.717) is 43.2 Å². The van der Waals surface area contributed by atoms with Crippen molar-refractivity contribution in [2.75, 3.05) is 36.0 Å². The number of nitrogens with zero attached hydrogens (tertiary/aromatic N) is 7. The Hall–Kier alpha value is -3.05. The zero-order chi connectivity index (χ0) is 23.2. The molecule has 33 heavy (non-hydrogen) atoms. The van der Waals surface area contributed by atoms with E-state index in [1.807, 2.05) is 4.90 Å². The van der Waals surface area contributed by atoms with Gasteiger partial charge in [0.15, 0.2) is 11.3 Å². The summed E-state index contributed by atoms with van der Waals surface area (Å²) in [7, 11) is 0. The number of fused-ring (bicyclic) bond motifs is 1. The molecule has 7 nitrogen and oxygen atoms in total. The lowest BCUT2D eigenvalue weighted by Gasteiger charge is -2.41. The second kappa shape index (κ2) is 8.07. The molecule has 0 aromatic carbocycles. The number of hydrogen-bond donors (Lipinski definition) is 0. The summed E-state index contributed by atoms with van der Waals surface area (Å²) in [4.78, 5) is 16.3. The van der Waals surface area contributed by atoms with E-state index in [9.17, 15) is 22.0 Å². The fourth-order valence-electron chi connectivity index (χ4n) is 5.00. The summed E-state index contributed by atoms with van der Waals surface area (Å²) in [5, 5.41) is 3.95. The minimum absolute atomic E-state index is 0.108. The maximum Gasteiger partial charge on any atom is 0.435 e. The predicted molar refractivity (Wildman–Crippen MR) is 111 cm³/mol. The smallest absolute Gasteiger partial charge is 0.369 e. The van der Waals surface area contributed by atoms with Crippen LogP contribution in [0.25, 0.3) is 11.2 Å². The lowest BCUT2D eigenvalue weighted by Crippen LogP contribution is -2.45. The van der Waals surface area contributed by atoms with Crippen molar-refractivity contribution in [3.05, 3.63) is 36.4 Å².